The van der Waals surface area contributed by atoms with Crippen molar-refractivity contribution in [2.45, 2.75) is 64.2 Å². The normalized spacial score (nSPS) is 22.0. The predicted molar refractivity (Wildman–Crippen MR) is 67.3 cm³/mol. The second-order valence-electron chi connectivity index (χ2n) is 5.04. The maximum atomic E-state index is 12.1. The summed E-state index contributed by atoms with van der Waals surface area (Å²) in [6.45, 7) is 0. The zero-order valence-corrected chi connectivity index (χ0v) is 10.1. The monoisotopic (exact) mass is 218 g/mol. The lowest BCUT2D eigenvalue weighted by molar-refractivity contribution is -0.115. The lowest BCUT2D eigenvalue weighted by Gasteiger charge is -2.12. The van der Waals surface area contributed by atoms with Crippen molar-refractivity contribution in [3.05, 3.63) is 23.3 Å². The fourth-order valence-corrected chi connectivity index (χ4v) is 2.65. The molecule has 0 amide bonds. The molecule has 0 spiro atoms. The van der Waals surface area contributed by atoms with Crippen molar-refractivity contribution in [2.24, 2.45) is 0 Å². The Bertz CT molecular complexity index is 309. The Labute approximate surface area is 98.6 Å². The molecule has 0 saturated carbocycles. The average molecular weight is 218 g/mol. The molecule has 1 heteroatoms. The standard InChI is InChI=1S/C15H22O/c16-15(12-13-8-4-3-5-9-13)14-10-6-1-2-7-11-14/h8,10H,1-7,9,11-12H2. The van der Waals surface area contributed by atoms with Crippen LogP contribution in [0.4, 0.5) is 0 Å². The van der Waals surface area contributed by atoms with Crippen molar-refractivity contribution in [1.29, 1.82) is 0 Å². The van der Waals surface area contributed by atoms with Gasteiger partial charge in [-0.15, -0.1) is 0 Å². The molecule has 2 aliphatic carbocycles. The Morgan fingerprint density at radius 2 is 1.69 bits per heavy atom. The lowest BCUT2D eigenvalue weighted by atomic mass is 9.92. The molecule has 0 aliphatic heterocycles. The Kier molecular flexibility index (Phi) is 4.38. The second kappa shape index (κ2) is 6.03. The van der Waals surface area contributed by atoms with Crippen LogP contribution in [-0.2, 0) is 4.79 Å². The summed E-state index contributed by atoms with van der Waals surface area (Å²) in [5, 5.41) is 0. The van der Waals surface area contributed by atoms with Gasteiger partial charge in [0.2, 0.25) is 0 Å². The van der Waals surface area contributed by atoms with Crippen LogP contribution in [0.5, 0.6) is 0 Å². The van der Waals surface area contributed by atoms with E-state index in [1.165, 1.54) is 44.1 Å². The van der Waals surface area contributed by atoms with E-state index in [0.29, 0.717) is 12.2 Å². The van der Waals surface area contributed by atoms with Crippen molar-refractivity contribution in [2.75, 3.05) is 0 Å². The van der Waals surface area contributed by atoms with Gasteiger partial charge < -0.3 is 0 Å². The summed E-state index contributed by atoms with van der Waals surface area (Å²) < 4.78 is 0. The van der Waals surface area contributed by atoms with Gasteiger partial charge in [0, 0.05) is 6.42 Å². The van der Waals surface area contributed by atoms with Crippen LogP contribution in [0, 0.1) is 0 Å². The summed E-state index contributed by atoms with van der Waals surface area (Å²) in [4.78, 5) is 12.1. The predicted octanol–water partition coefficient (Wildman–Crippen LogP) is 4.34. The largest absolute Gasteiger partial charge is 0.294 e. The number of rotatable bonds is 3. The van der Waals surface area contributed by atoms with E-state index in [1.807, 2.05) is 0 Å². The fraction of sp³-hybridized carbons (Fsp3) is 0.667. The highest BCUT2D eigenvalue weighted by Gasteiger charge is 2.14. The van der Waals surface area contributed by atoms with Gasteiger partial charge in [0.1, 0.15) is 0 Å². The van der Waals surface area contributed by atoms with Gasteiger partial charge in [0.15, 0.2) is 5.78 Å². The summed E-state index contributed by atoms with van der Waals surface area (Å²) in [5.74, 6) is 0.398. The average Bonchev–Trinajstić information content (AvgIpc) is 2.59. The molecule has 16 heavy (non-hydrogen) atoms. The smallest absolute Gasteiger partial charge is 0.162 e. The molecule has 88 valence electrons. The van der Waals surface area contributed by atoms with E-state index in [0.717, 1.165) is 24.8 Å². The van der Waals surface area contributed by atoms with Crippen LogP contribution in [-0.4, -0.2) is 5.78 Å². The third-order valence-electron chi connectivity index (χ3n) is 3.67. The molecule has 0 saturated heterocycles. The molecular formula is C15H22O. The van der Waals surface area contributed by atoms with Gasteiger partial charge in [-0.05, 0) is 56.9 Å². The Morgan fingerprint density at radius 3 is 2.50 bits per heavy atom. The van der Waals surface area contributed by atoms with Crippen LogP contribution in [0.25, 0.3) is 0 Å². The van der Waals surface area contributed by atoms with Crippen LogP contribution in [0.15, 0.2) is 23.3 Å². The minimum atomic E-state index is 0.398. The number of allylic oxidation sites excluding steroid dienone is 4. The molecule has 0 bridgehead atoms. The summed E-state index contributed by atoms with van der Waals surface area (Å²) in [6.07, 6.45) is 16.0. The first kappa shape index (κ1) is 11.6. The topological polar surface area (TPSA) is 17.1 Å². The molecule has 0 fully saturated rings. The van der Waals surface area contributed by atoms with E-state index in [-0.39, 0.29) is 0 Å². The van der Waals surface area contributed by atoms with Gasteiger partial charge in [-0.2, -0.15) is 0 Å². The van der Waals surface area contributed by atoms with Gasteiger partial charge >= 0.3 is 0 Å². The van der Waals surface area contributed by atoms with Crippen molar-refractivity contribution in [3.8, 4) is 0 Å². The van der Waals surface area contributed by atoms with Gasteiger partial charge in [-0.25, -0.2) is 0 Å². The molecule has 2 aliphatic rings. The molecule has 0 aromatic heterocycles. The highest BCUT2D eigenvalue weighted by molar-refractivity contribution is 5.96. The molecule has 0 aromatic carbocycles. The molecule has 0 N–H and O–H groups in total. The molecule has 0 heterocycles. The Morgan fingerprint density at radius 1 is 0.938 bits per heavy atom. The van der Waals surface area contributed by atoms with Crippen LogP contribution in [0.3, 0.4) is 0 Å². The molecule has 1 nitrogen and oxygen atoms in total. The van der Waals surface area contributed by atoms with E-state index >= 15 is 0 Å². The maximum Gasteiger partial charge on any atom is 0.162 e. The van der Waals surface area contributed by atoms with E-state index in [9.17, 15) is 4.79 Å². The zero-order chi connectivity index (χ0) is 11.2. The highest BCUT2D eigenvalue weighted by Crippen LogP contribution is 2.24. The third kappa shape index (κ3) is 3.33. The molecule has 0 atom stereocenters. The molecule has 0 aromatic rings. The molecule has 0 unspecified atom stereocenters. The van der Waals surface area contributed by atoms with E-state index < -0.39 is 0 Å². The number of hydrogen-bond acceptors (Lipinski definition) is 1. The van der Waals surface area contributed by atoms with Crippen molar-refractivity contribution >= 4 is 5.78 Å². The van der Waals surface area contributed by atoms with E-state index in [1.54, 1.807) is 0 Å². The van der Waals surface area contributed by atoms with Crippen LogP contribution < -0.4 is 0 Å². The SMILES string of the molecule is O=C(CC1=CCCCC1)C1=CCCCCC1. The quantitative estimate of drug-likeness (QED) is 0.644. The third-order valence-corrected chi connectivity index (χ3v) is 3.67. The highest BCUT2D eigenvalue weighted by atomic mass is 16.1. The van der Waals surface area contributed by atoms with Crippen molar-refractivity contribution in [1.82, 2.24) is 0 Å². The van der Waals surface area contributed by atoms with Gasteiger partial charge in [-0.1, -0.05) is 24.1 Å². The van der Waals surface area contributed by atoms with Gasteiger partial charge in [0.25, 0.3) is 0 Å². The Hall–Kier alpha value is -0.850. The van der Waals surface area contributed by atoms with Gasteiger partial charge in [0.05, 0.1) is 0 Å². The number of carbonyl (C=O) groups excluding carboxylic acids is 1. The summed E-state index contributed by atoms with van der Waals surface area (Å²) in [7, 11) is 0. The number of hydrogen-bond donors (Lipinski definition) is 0. The van der Waals surface area contributed by atoms with Crippen LogP contribution >= 0.6 is 0 Å². The van der Waals surface area contributed by atoms with Crippen LogP contribution in [0.2, 0.25) is 0 Å². The fourth-order valence-electron chi connectivity index (χ4n) is 2.65. The van der Waals surface area contributed by atoms with E-state index in [4.69, 9.17) is 0 Å². The zero-order valence-electron chi connectivity index (χ0n) is 10.1. The van der Waals surface area contributed by atoms with Crippen LogP contribution in [0.1, 0.15) is 64.2 Å². The lowest BCUT2D eigenvalue weighted by Crippen LogP contribution is -2.05. The summed E-state index contributed by atoms with van der Waals surface area (Å²) in [6, 6.07) is 0. The second-order valence-corrected chi connectivity index (χ2v) is 5.04. The number of Topliss-reactive ketones (excluding diaryl/α,β-unsaturated/α-hetero) is 1. The number of ketones is 1. The van der Waals surface area contributed by atoms with E-state index in [2.05, 4.69) is 12.2 Å². The molecular weight excluding hydrogens is 196 g/mol. The minimum Gasteiger partial charge on any atom is -0.294 e. The summed E-state index contributed by atoms with van der Waals surface area (Å²) in [5.41, 5.74) is 2.50. The Balaban J connectivity index is 1.91. The minimum absolute atomic E-state index is 0.398. The first-order valence-electron chi connectivity index (χ1n) is 6.76. The first-order chi connectivity index (χ1) is 7.86. The van der Waals surface area contributed by atoms with Crippen molar-refractivity contribution < 1.29 is 4.79 Å². The molecule has 0 radical (unpaired) electrons. The first-order valence-corrected chi connectivity index (χ1v) is 6.76. The number of carbonyl (C=O) groups is 1. The van der Waals surface area contributed by atoms with Gasteiger partial charge in [-0.3, -0.25) is 4.79 Å². The summed E-state index contributed by atoms with van der Waals surface area (Å²) >= 11 is 0. The molecule has 2 rings (SSSR count). The maximum absolute atomic E-state index is 12.1. The van der Waals surface area contributed by atoms with Crippen molar-refractivity contribution in [3.63, 3.8) is 0 Å².